The lowest BCUT2D eigenvalue weighted by molar-refractivity contribution is -0.114. The van der Waals surface area contributed by atoms with Gasteiger partial charge in [-0.15, -0.1) is 0 Å². The molecule has 3 rings (SSSR count). The van der Waals surface area contributed by atoms with E-state index in [-0.39, 0.29) is 22.4 Å². The van der Waals surface area contributed by atoms with Crippen molar-refractivity contribution in [2.24, 2.45) is 0 Å². The van der Waals surface area contributed by atoms with Gasteiger partial charge in [0.1, 0.15) is 16.1 Å². The van der Waals surface area contributed by atoms with Crippen molar-refractivity contribution in [3.63, 3.8) is 0 Å². The van der Waals surface area contributed by atoms with E-state index in [0.717, 1.165) is 6.07 Å². The number of benzene rings is 1. The lowest BCUT2D eigenvalue weighted by Crippen LogP contribution is -2.29. The van der Waals surface area contributed by atoms with Gasteiger partial charge in [-0.25, -0.2) is 9.37 Å². The van der Waals surface area contributed by atoms with E-state index in [9.17, 15) is 14.0 Å². The number of ketones is 1. The molecule has 1 aliphatic heterocycles. The second-order valence-corrected chi connectivity index (χ2v) is 5.21. The van der Waals surface area contributed by atoms with Crippen LogP contribution < -0.4 is 4.90 Å². The van der Waals surface area contributed by atoms with E-state index >= 15 is 0 Å². The van der Waals surface area contributed by atoms with Gasteiger partial charge in [-0.1, -0.05) is 29.3 Å². The predicted octanol–water partition coefficient (Wildman–Crippen LogP) is 3.26. The van der Waals surface area contributed by atoms with Crippen molar-refractivity contribution >= 4 is 40.6 Å². The summed E-state index contributed by atoms with van der Waals surface area (Å²) in [5.74, 6) is -2.02. The van der Waals surface area contributed by atoms with Crippen molar-refractivity contribution in [3.05, 3.63) is 57.6 Å². The van der Waals surface area contributed by atoms with E-state index in [4.69, 9.17) is 23.2 Å². The molecule has 4 nitrogen and oxygen atoms in total. The van der Waals surface area contributed by atoms with Gasteiger partial charge in [-0.3, -0.25) is 9.59 Å². The summed E-state index contributed by atoms with van der Waals surface area (Å²) in [6.45, 7) is 0.0617. The van der Waals surface area contributed by atoms with Gasteiger partial charge in [-0.05, 0) is 24.3 Å². The zero-order valence-corrected chi connectivity index (χ0v) is 12.0. The second kappa shape index (κ2) is 5.09. The summed E-state index contributed by atoms with van der Waals surface area (Å²) in [6, 6.07) is 6.80. The molecule has 0 saturated carbocycles. The first-order valence-corrected chi connectivity index (χ1v) is 6.69. The number of amides is 1. The topological polar surface area (TPSA) is 50.3 Å². The Morgan fingerprint density at radius 1 is 1.14 bits per heavy atom. The third kappa shape index (κ3) is 2.39. The molecule has 1 aliphatic rings. The maximum Gasteiger partial charge on any atom is 0.299 e. The number of anilines is 1. The zero-order valence-electron chi connectivity index (χ0n) is 10.4. The molecule has 0 atom stereocenters. The fraction of sp³-hybridized carbons (Fsp3) is 0.0714. The van der Waals surface area contributed by atoms with Crippen LogP contribution in [0, 0.1) is 5.82 Å². The third-order valence-corrected chi connectivity index (χ3v) is 3.69. The molecule has 1 amide bonds. The Morgan fingerprint density at radius 3 is 2.62 bits per heavy atom. The first kappa shape index (κ1) is 14.0. The average molecular weight is 325 g/mol. The summed E-state index contributed by atoms with van der Waals surface area (Å²) in [5, 5.41) is 0.383. The molecule has 0 fully saturated rings. The van der Waals surface area contributed by atoms with Gasteiger partial charge in [-0.2, -0.15) is 0 Å². The quantitative estimate of drug-likeness (QED) is 0.629. The highest BCUT2D eigenvalue weighted by atomic mass is 35.5. The van der Waals surface area contributed by atoms with Gasteiger partial charge < -0.3 is 4.90 Å². The van der Waals surface area contributed by atoms with Crippen LogP contribution >= 0.6 is 23.2 Å². The van der Waals surface area contributed by atoms with E-state index in [2.05, 4.69) is 4.98 Å². The zero-order chi connectivity index (χ0) is 15.1. The number of carbonyl (C=O) groups is 2. The number of hydrogen-bond donors (Lipinski definition) is 0. The Bertz CT molecular complexity index is 780. The number of halogens is 3. The van der Waals surface area contributed by atoms with Gasteiger partial charge in [0.15, 0.2) is 0 Å². The smallest absolute Gasteiger partial charge is 0.299 e. The molecule has 0 bridgehead atoms. The summed E-state index contributed by atoms with van der Waals surface area (Å²) in [4.78, 5) is 29.0. The summed E-state index contributed by atoms with van der Waals surface area (Å²) in [5.41, 5.74) is 0.954. The summed E-state index contributed by atoms with van der Waals surface area (Å²) >= 11 is 11.7. The minimum Gasteiger partial charge on any atom is -0.300 e. The number of pyridine rings is 1. The molecule has 2 aromatic rings. The number of aromatic nitrogens is 1. The fourth-order valence-electron chi connectivity index (χ4n) is 2.16. The molecule has 1 aromatic heterocycles. The second-order valence-electron chi connectivity index (χ2n) is 4.47. The normalized spacial score (nSPS) is 13.8. The maximum absolute atomic E-state index is 13.2. The van der Waals surface area contributed by atoms with Crippen molar-refractivity contribution in [1.29, 1.82) is 0 Å². The van der Waals surface area contributed by atoms with E-state index in [1.807, 2.05) is 0 Å². The molecule has 0 saturated heterocycles. The lowest BCUT2D eigenvalue weighted by atomic mass is 10.1. The first-order valence-electron chi connectivity index (χ1n) is 5.94. The molecular weight excluding hydrogens is 318 g/mol. The van der Waals surface area contributed by atoms with Gasteiger partial charge in [0.25, 0.3) is 11.7 Å². The van der Waals surface area contributed by atoms with Crippen LogP contribution in [0.15, 0.2) is 30.3 Å². The number of nitrogens with zero attached hydrogens (tertiary/aromatic N) is 2. The van der Waals surface area contributed by atoms with Crippen LogP contribution in [0.4, 0.5) is 10.1 Å². The standard InChI is InChI=1S/C14H7Cl2FN2O2/c15-11-4-1-7(13(16)18-11)6-19-10-3-2-8(17)5-9(10)12(20)14(19)21/h1-5H,6H2. The van der Waals surface area contributed by atoms with Crippen LogP contribution in [0.5, 0.6) is 0 Å². The van der Waals surface area contributed by atoms with Crippen LogP contribution in [0.25, 0.3) is 0 Å². The van der Waals surface area contributed by atoms with E-state index in [1.165, 1.54) is 23.1 Å². The number of Topliss-reactive ketones (excluding diaryl/α,β-unsaturated/α-hetero) is 1. The van der Waals surface area contributed by atoms with Gasteiger partial charge >= 0.3 is 0 Å². The average Bonchev–Trinajstić information content (AvgIpc) is 2.66. The molecular formula is C14H7Cl2FN2O2. The fourth-order valence-corrected chi connectivity index (χ4v) is 2.56. The van der Waals surface area contributed by atoms with Gasteiger partial charge in [0.2, 0.25) is 0 Å². The Balaban J connectivity index is 2.00. The van der Waals surface area contributed by atoms with Gasteiger partial charge in [0, 0.05) is 5.56 Å². The molecule has 21 heavy (non-hydrogen) atoms. The maximum atomic E-state index is 13.2. The summed E-state index contributed by atoms with van der Waals surface area (Å²) in [7, 11) is 0. The monoisotopic (exact) mass is 324 g/mol. The van der Waals surface area contributed by atoms with E-state index in [1.54, 1.807) is 6.07 Å². The summed E-state index contributed by atoms with van der Waals surface area (Å²) in [6.07, 6.45) is 0. The van der Waals surface area contributed by atoms with Crippen LogP contribution in [-0.4, -0.2) is 16.7 Å². The number of rotatable bonds is 2. The summed E-state index contributed by atoms with van der Waals surface area (Å²) < 4.78 is 13.2. The molecule has 0 N–H and O–H groups in total. The molecule has 0 radical (unpaired) electrons. The number of fused-ring (bicyclic) bond motifs is 1. The highest BCUT2D eigenvalue weighted by Gasteiger charge is 2.36. The highest BCUT2D eigenvalue weighted by Crippen LogP contribution is 2.31. The molecule has 7 heteroatoms. The Kier molecular flexibility index (Phi) is 3.39. The molecule has 2 heterocycles. The number of hydrogen-bond acceptors (Lipinski definition) is 3. The van der Waals surface area contributed by atoms with Crippen LogP contribution in [0.2, 0.25) is 10.3 Å². The molecule has 0 aliphatic carbocycles. The predicted molar refractivity (Wildman–Crippen MR) is 76.2 cm³/mol. The lowest BCUT2D eigenvalue weighted by Gasteiger charge is -2.17. The van der Waals surface area contributed by atoms with E-state index in [0.29, 0.717) is 11.3 Å². The Morgan fingerprint density at radius 2 is 1.90 bits per heavy atom. The Hall–Kier alpha value is -1.98. The van der Waals surface area contributed by atoms with Crippen molar-refractivity contribution in [2.75, 3.05) is 4.90 Å². The third-order valence-electron chi connectivity index (χ3n) is 3.15. The highest BCUT2D eigenvalue weighted by molar-refractivity contribution is 6.52. The van der Waals surface area contributed by atoms with E-state index < -0.39 is 17.5 Å². The van der Waals surface area contributed by atoms with Gasteiger partial charge in [0.05, 0.1) is 17.8 Å². The molecule has 0 spiro atoms. The number of carbonyl (C=O) groups excluding carboxylic acids is 2. The first-order chi connectivity index (χ1) is 9.97. The minimum absolute atomic E-state index is 0.0537. The van der Waals surface area contributed by atoms with Crippen molar-refractivity contribution < 1.29 is 14.0 Å². The SMILES string of the molecule is O=C1C(=O)N(Cc2ccc(Cl)nc2Cl)c2ccc(F)cc21. The molecule has 1 aromatic carbocycles. The van der Waals surface area contributed by atoms with Crippen LogP contribution in [0.3, 0.4) is 0 Å². The minimum atomic E-state index is -0.734. The Labute approximate surface area is 129 Å². The van der Waals surface area contributed by atoms with Crippen molar-refractivity contribution in [3.8, 4) is 0 Å². The van der Waals surface area contributed by atoms with Crippen LogP contribution in [0.1, 0.15) is 15.9 Å². The van der Waals surface area contributed by atoms with Crippen molar-refractivity contribution in [1.82, 2.24) is 4.98 Å². The largest absolute Gasteiger partial charge is 0.300 e. The van der Waals surface area contributed by atoms with Crippen molar-refractivity contribution in [2.45, 2.75) is 6.54 Å². The molecule has 106 valence electrons. The van der Waals surface area contributed by atoms with Crippen LogP contribution in [-0.2, 0) is 11.3 Å². The molecule has 0 unspecified atom stereocenters.